The highest BCUT2D eigenvalue weighted by Gasteiger charge is 2.32. The number of hydrogen-bond acceptors (Lipinski definition) is 6. The van der Waals surface area contributed by atoms with Crippen LogP contribution in [0.5, 0.6) is 5.75 Å². The van der Waals surface area contributed by atoms with Gasteiger partial charge in [0.2, 0.25) is 5.43 Å². The second-order valence-electron chi connectivity index (χ2n) is 7.38. The first kappa shape index (κ1) is 16.8. The average Bonchev–Trinajstić information content (AvgIpc) is 3.27. The van der Waals surface area contributed by atoms with Gasteiger partial charge in [-0.3, -0.25) is 14.0 Å². The van der Waals surface area contributed by atoms with E-state index in [0.29, 0.717) is 17.5 Å². The van der Waals surface area contributed by atoms with Gasteiger partial charge in [0.25, 0.3) is 5.56 Å². The van der Waals surface area contributed by atoms with Crippen molar-refractivity contribution < 1.29 is 4.74 Å². The molecule has 5 rings (SSSR count). The maximum Gasteiger partial charge on any atom is 0.271 e. The second kappa shape index (κ2) is 6.10. The SMILES string of the molecule is CN[C@@H]1CCN(c2ccc3c(=O)c4c(=O)[nH]sc4n(C4CC4)c3c2OC)C1. The number of fused-ring (bicyclic) bond motifs is 2. The first-order valence-corrected chi connectivity index (χ1v) is 10.1. The standard InChI is InChI=1S/C19H22N4O3S/c1-20-10-7-8-22(9-10)13-6-5-12-15(17(13)26-2)23(11-3-4-11)19-14(16(12)24)18(25)21-27-19/h5-6,10-11,20H,3-4,7-9H2,1-2H3,(H,21,25)/t10-/m1/s1. The van der Waals surface area contributed by atoms with Crippen LogP contribution in [0, 0.1) is 0 Å². The number of nitrogens with zero attached hydrogens (tertiary/aromatic N) is 2. The van der Waals surface area contributed by atoms with Gasteiger partial charge in [0.15, 0.2) is 5.75 Å². The van der Waals surface area contributed by atoms with Gasteiger partial charge in [-0.15, -0.1) is 0 Å². The fraction of sp³-hybridized carbons (Fsp3) is 0.474. The molecule has 0 radical (unpaired) electrons. The maximum atomic E-state index is 13.1. The molecule has 2 aliphatic rings. The van der Waals surface area contributed by atoms with Crippen LogP contribution >= 0.6 is 11.5 Å². The Labute approximate surface area is 159 Å². The topological polar surface area (TPSA) is 79.4 Å². The normalized spacial score (nSPS) is 20.1. The fourth-order valence-electron chi connectivity index (χ4n) is 4.23. The predicted octanol–water partition coefficient (Wildman–Crippen LogP) is 2.05. The summed E-state index contributed by atoms with van der Waals surface area (Å²) in [5.74, 6) is 0.732. The van der Waals surface area contributed by atoms with E-state index in [4.69, 9.17) is 4.74 Å². The predicted molar refractivity (Wildman–Crippen MR) is 109 cm³/mol. The molecule has 1 aliphatic carbocycles. The molecule has 7 nitrogen and oxygen atoms in total. The number of anilines is 1. The van der Waals surface area contributed by atoms with Crippen LogP contribution in [0.15, 0.2) is 21.7 Å². The fourth-order valence-corrected chi connectivity index (χ4v) is 5.15. The van der Waals surface area contributed by atoms with Crippen molar-refractivity contribution in [2.24, 2.45) is 0 Å². The molecule has 27 heavy (non-hydrogen) atoms. The third-order valence-electron chi connectivity index (χ3n) is 5.78. The van der Waals surface area contributed by atoms with Gasteiger partial charge in [-0.1, -0.05) is 0 Å². The number of benzene rings is 1. The molecule has 1 atom stereocenters. The molecule has 3 aromatic rings. The minimum absolute atomic E-state index is 0.209. The molecule has 3 heterocycles. The minimum atomic E-state index is -0.296. The number of ether oxygens (including phenoxy) is 1. The highest BCUT2D eigenvalue weighted by atomic mass is 32.1. The molecule has 2 fully saturated rings. The van der Waals surface area contributed by atoms with Crippen LogP contribution in [0.2, 0.25) is 0 Å². The first-order chi connectivity index (χ1) is 13.1. The lowest BCUT2D eigenvalue weighted by Gasteiger charge is -2.24. The van der Waals surface area contributed by atoms with Crippen molar-refractivity contribution in [1.29, 1.82) is 0 Å². The molecule has 142 valence electrons. The van der Waals surface area contributed by atoms with Gasteiger partial charge < -0.3 is 19.5 Å². The summed E-state index contributed by atoms with van der Waals surface area (Å²) in [6.07, 6.45) is 3.18. The van der Waals surface area contributed by atoms with Gasteiger partial charge in [-0.25, -0.2) is 0 Å². The summed E-state index contributed by atoms with van der Waals surface area (Å²) in [5, 5.41) is 4.17. The molecule has 1 saturated carbocycles. The van der Waals surface area contributed by atoms with Crippen molar-refractivity contribution in [2.45, 2.75) is 31.3 Å². The quantitative estimate of drug-likeness (QED) is 0.717. The highest BCUT2D eigenvalue weighted by molar-refractivity contribution is 7.12. The van der Waals surface area contributed by atoms with E-state index in [0.717, 1.165) is 54.1 Å². The molecule has 2 aromatic heterocycles. The lowest BCUT2D eigenvalue weighted by molar-refractivity contribution is 0.417. The number of aromatic amines is 1. The molecule has 0 bridgehead atoms. The van der Waals surface area contributed by atoms with Gasteiger partial charge in [-0.2, -0.15) is 0 Å². The zero-order valence-corrected chi connectivity index (χ0v) is 16.2. The van der Waals surface area contributed by atoms with E-state index in [1.54, 1.807) is 7.11 Å². The maximum absolute atomic E-state index is 13.1. The summed E-state index contributed by atoms with van der Waals surface area (Å²) in [7, 11) is 3.65. The Morgan fingerprint density at radius 3 is 2.74 bits per heavy atom. The van der Waals surface area contributed by atoms with Gasteiger partial charge in [0, 0.05) is 25.2 Å². The van der Waals surface area contributed by atoms with E-state index in [1.807, 2.05) is 19.2 Å². The number of aromatic nitrogens is 2. The first-order valence-electron chi connectivity index (χ1n) is 9.32. The van der Waals surface area contributed by atoms with Crippen LogP contribution in [0.25, 0.3) is 21.1 Å². The Kier molecular flexibility index (Phi) is 3.80. The molecule has 8 heteroatoms. The zero-order valence-electron chi connectivity index (χ0n) is 15.4. The molecule has 0 amide bonds. The van der Waals surface area contributed by atoms with Crippen LogP contribution in [0.4, 0.5) is 5.69 Å². The summed E-state index contributed by atoms with van der Waals surface area (Å²) in [6, 6.07) is 4.59. The number of nitrogens with one attached hydrogen (secondary N) is 2. The molecular formula is C19H22N4O3S. The van der Waals surface area contributed by atoms with Crippen LogP contribution in [0.3, 0.4) is 0 Å². The molecule has 0 unspecified atom stereocenters. The molecular weight excluding hydrogens is 364 g/mol. The third kappa shape index (κ3) is 2.43. The van der Waals surface area contributed by atoms with E-state index in [-0.39, 0.29) is 16.4 Å². The highest BCUT2D eigenvalue weighted by Crippen LogP contribution is 2.44. The summed E-state index contributed by atoms with van der Waals surface area (Å²) in [6.45, 7) is 1.85. The molecule has 1 saturated heterocycles. The van der Waals surface area contributed by atoms with Gasteiger partial charge in [0.05, 0.1) is 23.7 Å². The summed E-state index contributed by atoms with van der Waals surface area (Å²) >= 11 is 1.25. The Hall–Kier alpha value is -2.32. The van der Waals surface area contributed by atoms with Crippen molar-refractivity contribution in [3.63, 3.8) is 0 Å². The smallest absolute Gasteiger partial charge is 0.271 e. The van der Waals surface area contributed by atoms with Gasteiger partial charge in [0.1, 0.15) is 10.2 Å². The van der Waals surface area contributed by atoms with Gasteiger partial charge >= 0.3 is 0 Å². The number of rotatable bonds is 4. The minimum Gasteiger partial charge on any atom is -0.492 e. The van der Waals surface area contributed by atoms with Crippen LogP contribution in [-0.4, -0.2) is 42.2 Å². The molecule has 1 aliphatic heterocycles. The average molecular weight is 386 g/mol. The van der Waals surface area contributed by atoms with Crippen molar-refractivity contribution in [3.05, 3.63) is 32.7 Å². The lowest BCUT2D eigenvalue weighted by Crippen LogP contribution is -2.29. The van der Waals surface area contributed by atoms with Crippen LogP contribution < -0.4 is 25.9 Å². The van der Waals surface area contributed by atoms with Crippen LogP contribution in [0.1, 0.15) is 25.3 Å². The summed E-state index contributed by atoms with van der Waals surface area (Å²) in [5.41, 5.74) is 1.33. The Morgan fingerprint density at radius 2 is 2.07 bits per heavy atom. The van der Waals surface area contributed by atoms with Crippen molar-refractivity contribution in [2.75, 3.05) is 32.1 Å². The second-order valence-corrected chi connectivity index (χ2v) is 8.17. The number of likely N-dealkylation sites (N-methyl/N-ethyl adjacent to an activating group) is 1. The van der Waals surface area contributed by atoms with E-state index >= 15 is 0 Å². The largest absolute Gasteiger partial charge is 0.492 e. The van der Waals surface area contributed by atoms with Crippen molar-refractivity contribution in [1.82, 2.24) is 14.3 Å². The van der Waals surface area contributed by atoms with Gasteiger partial charge in [-0.05, 0) is 50.0 Å². The van der Waals surface area contributed by atoms with Crippen molar-refractivity contribution in [3.8, 4) is 5.75 Å². The van der Waals surface area contributed by atoms with Crippen molar-refractivity contribution >= 4 is 38.3 Å². The monoisotopic (exact) mass is 386 g/mol. The number of hydrogen-bond donors (Lipinski definition) is 2. The molecule has 0 spiro atoms. The Balaban J connectivity index is 1.84. The lowest BCUT2D eigenvalue weighted by atomic mass is 10.1. The number of H-pyrrole nitrogens is 1. The Bertz CT molecular complexity index is 1160. The van der Waals surface area contributed by atoms with E-state index in [9.17, 15) is 9.59 Å². The summed E-state index contributed by atoms with van der Waals surface area (Å²) < 4.78 is 10.8. The zero-order chi connectivity index (χ0) is 18.7. The Morgan fingerprint density at radius 1 is 1.26 bits per heavy atom. The van der Waals surface area contributed by atoms with Crippen LogP contribution in [-0.2, 0) is 0 Å². The molecule has 1 aromatic carbocycles. The summed E-state index contributed by atoms with van der Waals surface area (Å²) in [4.78, 5) is 28.3. The molecule has 2 N–H and O–H groups in total. The van der Waals surface area contributed by atoms with E-state index in [2.05, 4.69) is 19.2 Å². The van der Waals surface area contributed by atoms with E-state index in [1.165, 1.54) is 11.5 Å². The third-order valence-corrected chi connectivity index (χ3v) is 6.66. The number of methoxy groups -OCH3 is 1. The van der Waals surface area contributed by atoms with E-state index < -0.39 is 0 Å². The number of pyridine rings is 1.